The number of sulfonamides is 1. The monoisotopic (exact) mass is 348 g/mol. The van der Waals surface area contributed by atoms with E-state index in [1.165, 1.54) is 4.31 Å². The van der Waals surface area contributed by atoms with Gasteiger partial charge in [-0.2, -0.15) is 4.31 Å². The van der Waals surface area contributed by atoms with Gasteiger partial charge in [-0.15, -0.1) is 0 Å². The first kappa shape index (κ1) is 18.6. The molecule has 1 saturated carbocycles. The number of rotatable bonds is 8. The van der Waals surface area contributed by atoms with Gasteiger partial charge in [0, 0.05) is 26.3 Å². The number of nitrogens with one attached hydrogen (secondary N) is 1. The highest BCUT2D eigenvalue weighted by Gasteiger charge is 2.35. The van der Waals surface area contributed by atoms with E-state index in [-0.39, 0.29) is 5.92 Å². The van der Waals surface area contributed by atoms with Gasteiger partial charge < -0.3 is 15.2 Å². The molecule has 0 aromatic carbocycles. The predicted octanol–water partition coefficient (Wildman–Crippen LogP) is -0.0498. The molecule has 2 rings (SSSR count). The Labute approximate surface area is 138 Å². The summed E-state index contributed by atoms with van der Waals surface area (Å²) in [5.74, 6) is 0.211. The summed E-state index contributed by atoms with van der Waals surface area (Å²) in [5.41, 5.74) is 0. The molecule has 1 saturated heterocycles. The summed E-state index contributed by atoms with van der Waals surface area (Å²) in [6, 6.07) is -0.785. The van der Waals surface area contributed by atoms with E-state index in [0.717, 1.165) is 31.9 Å². The zero-order chi connectivity index (χ0) is 17.0. The first-order chi connectivity index (χ1) is 10.8. The van der Waals surface area contributed by atoms with Gasteiger partial charge in [0.25, 0.3) is 5.91 Å². The van der Waals surface area contributed by atoms with Crippen LogP contribution in [0.15, 0.2) is 0 Å². The van der Waals surface area contributed by atoms with Gasteiger partial charge in [0.1, 0.15) is 6.10 Å². The molecular weight excluding hydrogens is 320 g/mol. The van der Waals surface area contributed by atoms with Crippen molar-refractivity contribution in [2.45, 2.75) is 44.8 Å². The molecule has 134 valence electrons. The van der Waals surface area contributed by atoms with Crippen molar-refractivity contribution in [2.75, 3.05) is 32.6 Å². The molecule has 0 bridgehead atoms. The normalized spacial score (nSPS) is 22.8. The Kier molecular flexibility index (Phi) is 6.41. The molecule has 1 amide bonds. The molecule has 2 N–H and O–H groups in total. The first-order valence-corrected chi connectivity index (χ1v) is 10.1. The Morgan fingerprint density at radius 1 is 1.26 bits per heavy atom. The maximum absolute atomic E-state index is 12.1. The number of ether oxygens (including phenoxy) is 1. The molecule has 0 aromatic rings. The quantitative estimate of drug-likeness (QED) is 0.641. The van der Waals surface area contributed by atoms with Crippen LogP contribution in [0.25, 0.3) is 0 Å². The van der Waals surface area contributed by atoms with Crippen molar-refractivity contribution >= 4 is 15.9 Å². The fourth-order valence-electron chi connectivity index (χ4n) is 2.84. The lowest BCUT2D eigenvalue weighted by atomic mass is 9.99. The molecule has 0 aromatic heterocycles. The topological polar surface area (TPSA) is 95.9 Å². The Morgan fingerprint density at radius 2 is 1.87 bits per heavy atom. The summed E-state index contributed by atoms with van der Waals surface area (Å²) < 4.78 is 30.7. The van der Waals surface area contributed by atoms with Gasteiger partial charge in [0.15, 0.2) is 0 Å². The van der Waals surface area contributed by atoms with Crippen LogP contribution in [0.1, 0.15) is 32.6 Å². The van der Waals surface area contributed by atoms with Crippen LogP contribution >= 0.6 is 0 Å². The average Bonchev–Trinajstić information content (AvgIpc) is 3.33. The highest BCUT2D eigenvalue weighted by Crippen LogP contribution is 2.27. The number of aliphatic hydroxyl groups excluding tert-OH is 1. The summed E-state index contributed by atoms with van der Waals surface area (Å²) in [7, 11) is -3.51. The van der Waals surface area contributed by atoms with Crippen molar-refractivity contribution in [3.8, 4) is 0 Å². The third-order valence-corrected chi connectivity index (χ3v) is 5.98. The standard InChI is InChI=1S/C15H28N2O5S/c1-11(14(18)15(19)16-9-12-3-4-12)17(23(2,20)21)10-13-5-7-22-8-6-13/h11-14,18H,3-10H2,1-2H3,(H,16,19). The zero-order valence-corrected chi connectivity index (χ0v) is 14.7. The van der Waals surface area contributed by atoms with Gasteiger partial charge in [-0.25, -0.2) is 8.42 Å². The minimum atomic E-state index is -3.51. The molecule has 1 aliphatic carbocycles. The van der Waals surface area contributed by atoms with Crippen molar-refractivity contribution in [2.24, 2.45) is 11.8 Å². The van der Waals surface area contributed by atoms with E-state index in [0.29, 0.717) is 32.2 Å². The second kappa shape index (κ2) is 7.92. The number of hydrogen-bond donors (Lipinski definition) is 2. The second-order valence-corrected chi connectivity index (χ2v) is 8.70. The Hall–Kier alpha value is -0.700. The van der Waals surface area contributed by atoms with Crippen molar-refractivity contribution in [3.05, 3.63) is 0 Å². The molecule has 2 unspecified atom stereocenters. The van der Waals surface area contributed by atoms with Gasteiger partial charge in [-0.05, 0) is 44.4 Å². The van der Waals surface area contributed by atoms with Crippen LogP contribution in [0.2, 0.25) is 0 Å². The number of carbonyl (C=O) groups is 1. The Morgan fingerprint density at radius 3 is 2.39 bits per heavy atom. The fourth-order valence-corrected chi connectivity index (χ4v) is 4.04. The lowest BCUT2D eigenvalue weighted by molar-refractivity contribution is -0.131. The third-order valence-electron chi connectivity index (χ3n) is 4.65. The summed E-state index contributed by atoms with van der Waals surface area (Å²) in [4.78, 5) is 12.0. The van der Waals surface area contributed by atoms with Crippen LogP contribution in [0.5, 0.6) is 0 Å². The van der Waals surface area contributed by atoms with E-state index in [1.54, 1.807) is 6.92 Å². The summed E-state index contributed by atoms with van der Waals surface area (Å²) in [6.07, 6.45) is 3.56. The van der Waals surface area contributed by atoms with E-state index in [1.807, 2.05) is 0 Å². The van der Waals surface area contributed by atoms with Crippen molar-refractivity contribution in [1.29, 1.82) is 0 Å². The van der Waals surface area contributed by atoms with Crippen molar-refractivity contribution in [1.82, 2.24) is 9.62 Å². The smallest absolute Gasteiger partial charge is 0.250 e. The van der Waals surface area contributed by atoms with Crippen molar-refractivity contribution in [3.63, 3.8) is 0 Å². The van der Waals surface area contributed by atoms with Gasteiger partial charge in [0.2, 0.25) is 10.0 Å². The van der Waals surface area contributed by atoms with Gasteiger partial charge in [-0.1, -0.05) is 0 Å². The fraction of sp³-hybridized carbons (Fsp3) is 0.933. The third kappa shape index (κ3) is 5.70. The molecule has 0 spiro atoms. The summed E-state index contributed by atoms with van der Waals surface area (Å²) in [6.45, 7) is 3.71. The van der Waals surface area contributed by atoms with Crippen LogP contribution < -0.4 is 5.32 Å². The summed E-state index contributed by atoms with van der Waals surface area (Å²) in [5, 5.41) is 12.9. The number of aliphatic hydroxyl groups is 1. The number of nitrogens with zero attached hydrogens (tertiary/aromatic N) is 1. The maximum atomic E-state index is 12.1. The SMILES string of the molecule is CC(C(O)C(=O)NCC1CC1)N(CC1CCOCC1)S(C)(=O)=O. The van der Waals surface area contributed by atoms with Crippen molar-refractivity contribution < 1.29 is 23.1 Å². The minimum absolute atomic E-state index is 0.197. The van der Waals surface area contributed by atoms with Crippen LogP contribution in [0, 0.1) is 11.8 Å². The molecule has 1 heterocycles. The number of carbonyl (C=O) groups excluding carboxylic acids is 1. The lowest BCUT2D eigenvalue weighted by Crippen LogP contribution is -2.52. The molecule has 2 aliphatic rings. The molecule has 0 radical (unpaired) electrons. The number of amides is 1. The molecule has 8 heteroatoms. The van der Waals surface area contributed by atoms with Gasteiger partial charge in [0.05, 0.1) is 12.3 Å². The van der Waals surface area contributed by atoms with Crippen LogP contribution in [-0.2, 0) is 19.6 Å². The molecule has 23 heavy (non-hydrogen) atoms. The lowest BCUT2D eigenvalue weighted by Gasteiger charge is -2.33. The highest BCUT2D eigenvalue weighted by molar-refractivity contribution is 7.88. The summed E-state index contributed by atoms with van der Waals surface area (Å²) >= 11 is 0. The van der Waals surface area contributed by atoms with E-state index >= 15 is 0 Å². The van der Waals surface area contributed by atoms with E-state index in [2.05, 4.69) is 5.32 Å². The van der Waals surface area contributed by atoms with E-state index in [4.69, 9.17) is 4.74 Å². The van der Waals surface area contributed by atoms with E-state index in [9.17, 15) is 18.3 Å². The largest absolute Gasteiger partial charge is 0.382 e. The van der Waals surface area contributed by atoms with E-state index < -0.39 is 28.1 Å². The molecule has 2 fully saturated rings. The molecular formula is C15H28N2O5S. The Balaban J connectivity index is 1.96. The predicted molar refractivity (Wildman–Crippen MR) is 86.3 cm³/mol. The molecule has 1 aliphatic heterocycles. The van der Waals surface area contributed by atoms with Crippen LogP contribution in [0.4, 0.5) is 0 Å². The minimum Gasteiger partial charge on any atom is -0.382 e. The first-order valence-electron chi connectivity index (χ1n) is 8.29. The zero-order valence-electron chi connectivity index (χ0n) is 13.9. The number of hydrogen-bond acceptors (Lipinski definition) is 5. The average molecular weight is 348 g/mol. The maximum Gasteiger partial charge on any atom is 0.250 e. The molecule has 2 atom stereocenters. The van der Waals surface area contributed by atoms with Crippen LogP contribution in [-0.4, -0.2) is 68.4 Å². The van der Waals surface area contributed by atoms with Gasteiger partial charge in [-0.3, -0.25) is 4.79 Å². The molecule has 7 nitrogen and oxygen atoms in total. The van der Waals surface area contributed by atoms with Gasteiger partial charge >= 0.3 is 0 Å². The highest BCUT2D eigenvalue weighted by atomic mass is 32.2. The van der Waals surface area contributed by atoms with Crippen LogP contribution in [0.3, 0.4) is 0 Å². The Bertz CT molecular complexity index is 500. The second-order valence-electron chi connectivity index (χ2n) is 6.76.